The molecule has 2 aromatic carbocycles. The van der Waals surface area contributed by atoms with Crippen LogP contribution >= 0.6 is 23.2 Å². The van der Waals surface area contributed by atoms with Crippen molar-refractivity contribution < 1.29 is 4.74 Å². The molecule has 0 radical (unpaired) electrons. The molecule has 1 atom stereocenters. The van der Waals surface area contributed by atoms with Gasteiger partial charge in [-0.05, 0) is 36.8 Å². The van der Waals surface area contributed by atoms with E-state index in [0.717, 1.165) is 21.9 Å². The summed E-state index contributed by atoms with van der Waals surface area (Å²) in [6, 6.07) is 13.6. The molecule has 0 unspecified atom stereocenters. The van der Waals surface area contributed by atoms with Crippen LogP contribution in [0, 0.1) is 0 Å². The van der Waals surface area contributed by atoms with Crippen molar-refractivity contribution in [3.05, 3.63) is 63.6 Å². The summed E-state index contributed by atoms with van der Waals surface area (Å²) in [7, 11) is 1.66. The summed E-state index contributed by atoms with van der Waals surface area (Å²) in [6.07, 6.45) is 0. The maximum absolute atomic E-state index is 6.20. The largest absolute Gasteiger partial charge is 0.496 e. The second-order valence-corrected chi connectivity index (χ2v) is 5.42. The molecule has 2 rings (SSSR count). The molecule has 0 aliphatic rings. The van der Waals surface area contributed by atoms with Gasteiger partial charge < -0.3 is 10.1 Å². The van der Waals surface area contributed by atoms with Gasteiger partial charge in [0.15, 0.2) is 0 Å². The number of methoxy groups -OCH3 is 1. The molecule has 1 N–H and O–H groups in total. The minimum atomic E-state index is 0.146. The van der Waals surface area contributed by atoms with Crippen molar-refractivity contribution in [3.8, 4) is 5.75 Å². The van der Waals surface area contributed by atoms with Gasteiger partial charge in [-0.25, -0.2) is 0 Å². The second-order valence-electron chi connectivity index (χ2n) is 4.58. The first-order valence-electron chi connectivity index (χ1n) is 6.42. The Balaban J connectivity index is 2.09. The maximum Gasteiger partial charge on any atom is 0.123 e. The van der Waals surface area contributed by atoms with E-state index >= 15 is 0 Å². The second kappa shape index (κ2) is 6.98. The first-order chi connectivity index (χ1) is 9.61. The molecular formula is C16H17Cl2NO. The predicted octanol–water partition coefficient (Wildman–Crippen LogP) is 4.85. The quantitative estimate of drug-likeness (QED) is 0.852. The number of ether oxygens (including phenoxy) is 1. The van der Waals surface area contributed by atoms with Gasteiger partial charge in [0, 0.05) is 28.2 Å². The number of hydrogen-bond acceptors (Lipinski definition) is 2. The highest BCUT2D eigenvalue weighted by atomic mass is 35.5. The van der Waals surface area contributed by atoms with E-state index in [1.54, 1.807) is 7.11 Å². The van der Waals surface area contributed by atoms with Crippen LogP contribution in [0.2, 0.25) is 10.0 Å². The van der Waals surface area contributed by atoms with E-state index in [-0.39, 0.29) is 6.04 Å². The molecule has 0 aliphatic heterocycles. The molecule has 0 saturated carbocycles. The van der Waals surface area contributed by atoms with E-state index in [2.05, 4.69) is 12.2 Å². The number of nitrogens with one attached hydrogen (secondary N) is 1. The Labute approximate surface area is 129 Å². The van der Waals surface area contributed by atoms with Gasteiger partial charge in [0.05, 0.1) is 7.11 Å². The van der Waals surface area contributed by atoms with Crippen molar-refractivity contribution >= 4 is 23.2 Å². The first-order valence-corrected chi connectivity index (χ1v) is 7.17. The zero-order valence-corrected chi connectivity index (χ0v) is 13.0. The average Bonchev–Trinajstić information content (AvgIpc) is 2.45. The molecule has 0 saturated heterocycles. The minimum absolute atomic E-state index is 0.146. The van der Waals surface area contributed by atoms with Crippen molar-refractivity contribution in [3.63, 3.8) is 0 Å². The standard InChI is InChI=1S/C16H17Cl2NO/c1-11(14-5-3-4-6-15(14)18)19-10-12-9-13(17)7-8-16(12)20-2/h3-9,11,19H,10H2,1-2H3/t11-/m1/s1. The molecule has 4 heteroatoms. The van der Waals surface area contributed by atoms with Crippen LogP contribution in [0.25, 0.3) is 0 Å². The van der Waals surface area contributed by atoms with E-state index in [4.69, 9.17) is 27.9 Å². The van der Waals surface area contributed by atoms with Crippen LogP contribution in [0.4, 0.5) is 0 Å². The van der Waals surface area contributed by atoms with Crippen LogP contribution in [0.1, 0.15) is 24.1 Å². The lowest BCUT2D eigenvalue weighted by Crippen LogP contribution is -2.18. The molecule has 0 fully saturated rings. The summed E-state index contributed by atoms with van der Waals surface area (Å²) < 4.78 is 5.34. The fraction of sp³-hybridized carbons (Fsp3) is 0.250. The van der Waals surface area contributed by atoms with E-state index in [1.807, 2.05) is 42.5 Å². The van der Waals surface area contributed by atoms with Gasteiger partial charge in [0.1, 0.15) is 5.75 Å². The molecular weight excluding hydrogens is 293 g/mol. The predicted molar refractivity (Wildman–Crippen MR) is 84.7 cm³/mol. The average molecular weight is 310 g/mol. The van der Waals surface area contributed by atoms with Gasteiger partial charge in [-0.1, -0.05) is 41.4 Å². The summed E-state index contributed by atoms with van der Waals surface area (Å²) in [5.41, 5.74) is 2.11. The van der Waals surface area contributed by atoms with Crippen LogP contribution < -0.4 is 10.1 Å². The van der Waals surface area contributed by atoms with Gasteiger partial charge in [-0.15, -0.1) is 0 Å². The molecule has 0 amide bonds. The van der Waals surface area contributed by atoms with Gasteiger partial charge in [-0.2, -0.15) is 0 Å². The molecule has 20 heavy (non-hydrogen) atoms. The fourth-order valence-corrected chi connectivity index (χ4v) is 2.58. The van der Waals surface area contributed by atoms with Crippen LogP contribution in [0.15, 0.2) is 42.5 Å². The summed E-state index contributed by atoms with van der Waals surface area (Å²) in [5.74, 6) is 0.827. The monoisotopic (exact) mass is 309 g/mol. The molecule has 2 aromatic rings. The van der Waals surface area contributed by atoms with Gasteiger partial charge in [0.25, 0.3) is 0 Å². The third-order valence-corrected chi connectivity index (χ3v) is 3.79. The number of benzene rings is 2. The molecule has 0 aliphatic carbocycles. The summed E-state index contributed by atoms with van der Waals surface area (Å²) in [5, 5.41) is 4.91. The molecule has 106 valence electrons. The molecule has 2 nitrogen and oxygen atoms in total. The maximum atomic E-state index is 6.20. The molecule has 0 aromatic heterocycles. The van der Waals surface area contributed by atoms with E-state index in [9.17, 15) is 0 Å². The Hall–Kier alpha value is -1.22. The zero-order chi connectivity index (χ0) is 14.5. The summed E-state index contributed by atoms with van der Waals surface area (Å²) in [6.45, 7) is 2.74. The van der Waals surface area contributed by atoms with E-state index < -0.39 is 0 Å². The van der Waals surface area contributed by atoms with Crippen molar-refractivity contribution in [2.75, 3.05) is 7.11 Å². The smallest absolute Gasteiger partial charge is 0.123 e. The zero-order valence-electron chi connectivity index (χ0n) is 11.5. The van der Waals surface area contributed by atoms with Gasteiger partial charge in [0.2, 0.25) is 0 Å². The SMILES string of the molecule is COc1ccc(Cl)cc1CN[C@H](C)c1ccccc1Cl. The van der Waals surface area contributed by atoms with Crippen LogP contribution in [-0.4, -0.2) is 7.11 Å². The minimum Gasteiger partial charge on any atom is -0.496 e. The van der Waals surface area contributed by atoms with Gasteiger partial charge >= 0.3 is 0 Å². The first kappa shape index (κ1) is 15.2. The lowest BCUT2D eigenvalue weighted by atomic mass is 10.1. The highest BCUT2D eigenvalue weighted by Gasteiger charge is 2.10. The Morgan fingerprint density at radius 1 is 1.15 bits per heavy atom. The highest BCUT2D eigenvalue weighted by molar-refractivity contribution is 6.31. The van der Waals surface area contributed by atoms with Crippen LogP contribution in [0.5, 0.6) is 5.75 Å². The van der Waals surface area contributed by atoms with Crippen LogP contribution in [0.3, 0.4) is 0 Å². The summed E-state index contributed by atoms with van der Waals surface area (Å²) in [4.78, 5) is 0. The molecule has 0 heterocycles. The normalized spacial score (nSPS) is 12.2. The van der Waals surface area contributed by atoms with Crippen molar-refractivity contribution in [1.82, 2.24) is 5.32 Å². The van der Waals surface area contributed by atoms with Crippen molar-refractivity contribution in [2.24, 2.45) is 0 Å². The fourth-order valence-electron chi connectivity index (χ4n) is 2.08. The van der Waals surface area contributed by atoms with Crippen LogP contribution in [-0.2, 0) is 6.54 Å². The lowest BCUT2D eigenvalue weighted by Gasteiger charge is -2.17. The number of hydrogen-bond donors (Lipinski definition) is 1. The van der Waals surface area contributed by atoms with Gasteiger partial charge in [-0.3, -0.25) is 0 Å². The summed E-state index contributed by atoms with van der Waals surface area (Å²) >= 11 is 12.2. The number of halogens is 2. The third-order valence-electron chi connectivity index (χ3n) is 3.21. The van der Waals surface area contributed by atoms with E-state index in [1.165, 1.54) is 0 Å². The highest BCUT2D eigenvalue weighted by Crippen LogP contribution is 2.25. The number of rotatable bonds is 5. The van der Waals surface area contributed by atoms with Crippen molar-refractivity contribution in [1.29, 1.82) is 0 Å². The Kier molecular flexibility index (Phi) is 5.30. The molecule has 0 bridgehead atoms. The Morgan fingerprint density at radius 3 is 2.60 bits per heavy atom. The van der Waals surface area contributed by atoms with Crippen molar-refractivity contribution in [2.45, 2.75) is 19.5 Å². The topological polar surface area (TPSA) is 21.3 Å². The Morgan fingerprint density at radius 2 is 1.90 bits per heavy atom. The lowest BCUT2D eigenvalue weighted by molar-refractivity contribution is 0.406. The molecule has 0 spiro atoms. The Bertz CT molecular complexity index is 586. The van der Waals surface area contributed by atoms with E-state index in [0.29, 0.717) is 11.6 Å². The third kappa shape index (κ3) is 3.66.